The molecule has 1 unspecified atom stereocenters. The Bertz CT molecular complexity index is 1090. The van der Waals surface area contributed by atoms with Gasteiger partial charge in [-0.25, -0.2) is 0 Å². The number of nitrogens with one attached hydrogen (secondary N) is 1. The number of hydrogen-bond acceptors (Lipinski definition) is 7. The van der Waals surface area contributed by atoms with E-state index in [0.717, 1.165) is 49.7 Å². The van der Waals surface area contributed by atoms with Crippen LogP contribution in [-0.2, 0) is 20.0 Å². The maximum atomic E-state index is 6.14. The number of hydrogen-bond donors (Lipinski definition) is 2. The molecule has 0 bridgehead atoms. The smallest absolute Gasteiger partial charge is 0.223 e. The number of nitrogens with two attached hydrogens (primary N) is 1. The Morgan fingerprint density at radius 3 is 2.68 bits per heavy atom. The highest BCUT2D eigenvalue weighted by molar-refractivity contribution is 5.65. The Balaban J connectivity index is 1.44. The van der Waals surface area contributed by atoms with Gasteiger partial charge >= 0.3 is 0 Å². The summed E-state index contributed by atoms with van der Waals surface area (Å²) in [5.74, 6) is 2.16. The molecule has 162 valence electrons. The molecule has 3 aromatic rings. The molecule has 2 aliphatic rings. The summed E-state index contributed by atoms with van der Waals surface area (Å²) in [5.41, 5.74) is 11.2. The minimum atomic E-state index is 0.336. The van der Waals surface area contributed by atoms with Gasteiger partial charge in [-0.2, -0.15) is 15.1 Å². The SMILES string of the molecule is CN[C@@H]1CCN(c2cc(N3Cc4cc(-c5cnn(C)c5)ccc4CC3C)nc(N)n2)C1. The van der Waals surface area contributed by atoms with Gasteiger partial charge in [0.15, 0.2) is 0 Å². The van der Waals surface area contributed by atoms with Crippen molar-refractivity contribution in [2.45, 2.75) is 38.4 Å². The summed E-state index contributed by atoms with van der Waals surface area (Å²) in [6, 6.07) is 9.67. The number of fused-ring (bicyclic) bond motifs is 1. The lowest BCUT2D eigenvalue weighted by Gasteiger charge is -2.36. The summed E-state index contributed by atoms with van der Waals surface area (Å²) in [6.07, 6.45) is 6.06. The Morgan fingerprint density at radius 1 is 1.10 bits per heavy atom. The van der Waals surface area contributed by atoms with Crippen LogP contribution in [0, 0.1) is 0 Å². The third kappa shape index (κ3) is 3.83. The second kappa shape index (κ2) is 7.85. The fraction of sp³-hybridized carbons (Fsp3) is 0.435. The Labute approximate surface area is 183 Å². The summed E-state index contributed by atoms with van der Waals surface area (Å²) in [7, 11) is 3.96. The van der Waals surface area contributed by atoms with Gasteiger partial charge < -0.3 is 20.9 Å². The Morgan fingerprint density at radius 2 is 1.94 bits per heavy atom. The first-order valence-corrected chi connectivity index (χ1v) is 10.9. The zero-order valence-electron chi connectivity index (χ0n) is 18.4. The predicted molar refractivity (Wildman–Crippen MR) is 124 cm³/mol. The van der Waals surface area contributed by atoms with Crippen LogP contribution >= 0.6 is 0 Å². The van der Waals surface area contributed by atoms with E-state index in [0.29, 0.717) is 18.0 Å². The van der Waals surface area contributed by atoms with Crippen LogP contribution in [0.2, 0.25) is 0 Å². The van der Waals surface area contributed by atoms with E-state index < -0.39 is 0 Å². The lowest BCUT2D eigenvalue weighted by atomic mass is 9.92. The Kier molecular flexibility index (Phi) is 5.02. The number of aryl methyl sites for hydroxylation is 1. The molecule has 0 amide bonds. The standard InChI is InChI=1S/C23H30N8/c1-15-8-16-4-5-17(19-11-26-29(3)12-19)9-18(16)13-31(15)22-10-21(27-23(24)28-22)30-7-6-20(14-30)25-2/h4-5,9-12,15,20,25H,6-8,13-14H2,1-3H3,(H2,24,27,28)/t15?,20-/m1/s1. The summed E-state index contributed by atoms with van der Waals surface area (Å²) < 4.78 is 1.84. The molecule has 2 aliphatic heterocycles. The zero-order chi connectivity index (χ0) is 21.5. The lowest BCUT2D eigenvalue weighted by Crippen LogP contribution is -2.39. The van der Waals surface area contributed by atoms with Gasteiger partial charge in [0.1, 0.15) is 11.6 Å². The third-order valence-electron chi connectivity index (χ3n) is 6.56. The van der Waals surface area contributed by atoms with Crippen LogP contribution in [0.3, 0.4) is 0 Å². The largest absolute Gasteiger partial charge is 0.368 e. The van der Waals surface area contributed by atoms with Crippen molar-refractivity contribution in [3.63, 3.8) is 0 Å². The molecule has 4 heterocycles. The van der Waals surface area contributed by atoms with Gasteiger partial charge in [0.25, 0.3) is 0 Å². The number of benzene rings is 1. The van der Waals surface area contributed by atoms with Crippen LogP contribution in [0.1, 0.15) is 24.5 Å². The fourth-order valence-corrected chi connectivity index (χ4v) is 4.75. The summed E-state index contributed by atoms with van der Waals surface area (Å²) >= 11 is 0. The van der Waals surface area contributed by atoms with E-state index in [1.54, 1.807) is 0 Å². The van der Waals surface area contributed by atoms with Crippen LogP contribution < -0.4 is 20.9 Å². The van der Waals surface area contributed by atoms with Crippen molar-refractivity contribution in [3.05, 3.63) is 47.8 Å². The summed E-state index contributed by atoms with van der Waals surface area (Å²) in [4.78, 5) is 13.8. The van der Waals surface area contributed by atoms with E-state index in [-0.39, 0.29) is 0 Å². The van der Waals surface area contributed by atoms with Crippen molar-refractivity contribution in [1.82, 2.24) is 25.1 Å². The topological polar surface area (TPSA) is 88.1 Å². The van der Waals surface area contributed by atoms with E-state index in [9.17, 15) is 0 Å². The maximum Gasteiger partial charge on any atom is 0.223 e. The number of rotatable bonds is 4. The molecule has 2 aromatic heterocycles. The van der Waals surface area contributed by atoms with E-state index in [2.05, 4.69) is 67.6 Å². The molecule has 8 nitrogen and oxygen atoms in total. The average Bonchev–Trinajstić information content (AvgIpc) is 3.41. The molecule has 1 fully saturated rings. The van der Waals surface area contributed by atoms with Crippen molar-refractivity contribution in [2.75, 3.05) is 35.7 Å². The van der Waals surface area contributed by atoms with Gasteiger partial charge in [-0.1, -0.05) is 12.1 Å². The van der Waals surface area contributed by atoms with Gasteiger partial charge in [-0.15, -0.1) is 0 Å². The number of nitrogen functional groups attached to an aromatic ring is 1. The monoisotopic (exact) mass is 418 g/mol. The third-order valence-corrected chi connectivity index (χ3v) is 6.56. The number of anilines is 3. The second-order valence-electron chi connectivity index (χ2n) is 8.73. The lowest BCUT2D eigenvalue weighted by molar-refractivity contribution is 0.587. The van der Waals surface area contributed by atoms with Crippen molar-refractivity contribution in [1.29, 1.82) is 0 Å². The van der Waals surface area contributed by atoms with Crippen molar-refractivity contribution in [2.24, 2.45) is 7.05 Å². The summed E-state index contributed by atoms with van der Waals surface area (Å²) in [5, 5.41) is 7.68. The first kappa shape index (κ1) is 19.8. The number of likely N-dealkylation sites (N-methyl/N-ethyl adjacent to an activating group) is 1. The highest BCUT2D eigenvalue weighted by Crippen LogP contribution is 2.32. The van der Waals surface area contributed by atoms with Gasteiger partial charge in [0.2, 0.25) is 5.95 Å². The van der Waals surface area contributed by atoms with E-state index in [4.69, 9.17) is 5.73 Å². The van der Waals surface area contributed by atoms with Crippen molar-refractivity contribution < 1.29 is 0 Å². The quantitative estimate of drug-likeness (QED) is 0.672. The number of aromatic nitrogens is 4. The van der Waals surface area contributed by atoms with E-state index in [1.807, 2.05) is 25.0 Å². The highest BCUT2D eigenvalue weighted by Gasteiger charge is 2.27. The van der Waals surface area contributed by atoms with Gasteiger partial charge in [-0.3, -0.25) is 4.68 Å². The molecule has 3 N–H and O–H groups in total. The van der Waals surface area contributed by atoms with Crippen LogP contribution in [0.5, 0.6) is 0 Å². The molecule has 31 heavy (non-hydrogen) atoms. The Hall–Kier alpha value is -3.13. The normalized spacial score (nSPS) is 20.9. The molecule has 0 aliphatic carbocycles. The minimum absolute atomic E-state index is 0.336. The van der Waals surface area contributed by atoms with Gasteiger partial charge in [0, 0.05) is 56.6 Å². The van der Waals surface area contributed by atoms with Crippen LogP contribution in [0.15, 0.2) is 36.7 Å². The molecule has 1 aromatic carbocycles. The van der Waals surface area contributed by atoms with Crippen LogP contribution in [0.4, 0.5) is 17.6 Å². The molecule has 1 saturated heterocycles. The molecule has 0 spiro atoms. The van der Waals surface area contributed by atoms with Crippen molar-refractivity contribution >= 4 is 17.6 Å². The van der Waals surface area contributed by atoms with Crippen LogP contribution in [-0.4, -0.2) is 52.0 Å². The molecular weight excluding hydrogens is 388 g/mol. The van der Waals surface area contributed by atoms with E-state index >= 15 is 0 Å². The van der Waals surface area contributed by atoms with Gasteiger partial charge in [-0.05, 0) is 49.6 Å². The number of nitrogens with zero attached hydrogens (tertiary/aromatic N) is 6. The summed E-state index contributed by atoms with van der Waals surface area (Å²) in [6.45, 7) is 4.98. The average molecular weight is 419 g/mol. The predicted octanol–water partition coefficient (Wildman–Crippen LogP) is 2.21. The van der Waals surface area contributed by atoms with Crippen LogP contribution in [0.25, 0.3) is 11.1 Å². The van der Waals surface area contributed by atoms with E-state index in [1.165, 1.54) is 16.7 Å². The van der Waals surface area contributed by atoms with Crippen molar-refractivity contribution in [3.8, 4) is 11.1 Å². The fourth-order valence-electron chi connectivity index (χ4n) is 4.75. The zero-order valence-corrected chi connectivity index (χ0v) is 18.4. The molecule has 2 atom stereocenters. The minimum Gasteiger partial charge on any atom is -0.368 e. The molecule has 0 radical (unpaired) electrons. The maximum absolute atomic E-state index is 6.14. The first-order chi connectivity index (χ1) is 15.0. The molecular formula is C23H30N8. The second-order valence-corrected chi connectivity index (χ2v) is 8.73. The van der Waals surface area contributed by atoms with Gasteiger partial charge in [0.05, 0.1) is 6.20 Å². The molecule has 0 saturated carbocycles. The molecule has 5 rings (SSSR count). The highest BCUT2D eigenvalue weighted by atomic mass is 15.3. The first-order valence-electron chi connectivity index (χ1n) is 10.9. The molecule has 8 heteroatoms.